The van der Waals surface area contributed by atoms with Crippen LogP contribution in [0.5, 0.6) is 0 Å². The number of hydrogen-bond donors (Lipinski definition) is 0. The maximum Gasteiger partial charge on any atom is 0.269 e. The first kappa shape index (κ1) is 12.8. The molecule has 108 valence electrons. The van der Waals surface area contributed by atoms with Gasteiger partial charge in [0, 0.05) is 5.92 Å². The molecule has 0 spiro atoms. The second-order valence-corrected chi connectivity index (χ2v) is 5.56. The van der Waals surface area contributed by atoms with Crippen LogP contribution in [0.2, 0.25) is 0 Å². The number of benzene rings is 1. The zero-order valence-corrected chi connectivity index (χ0v) is 12.1. The molecule has 2 unspecified atom stereocenters. The third-order valence-corrected chi connectivity index (χ3v) is 4.06. The Hall–Kier alpha value is -2.94. The average molecular weight is 290 g/mol. The molecule has 4 rings (SSSR count). The molecule has 0 saturated carbocycles. The Bertz CT molecular complexity index is 854. The molecule has 0 N–H and O–H groups in total. The van der Waals surface area contributed by atoms with E-state index in [9.17, 15) is 0 Å². The van der Waals surface area contributed by atoms with E-state index in [-0.39, 0.29) is 6.04 Å². The predicted molar refractivity (Wildman–Crippen MR) is 79.5 cm³/mol. The fourth-order valence-electron chi connectivity index (χ4n) is 2.97. The first-order valence-electron chi connectivity index (χ1n) is 7.23. The van der Waals surface area contributed by atoms with Crippen LogP contribution in [0.3, 0.4) is 0 Å². The monoisotopic (exact) mass is 290 g/mol. The van der Waals surface area contributed by atoms with Crippen LogP contribution in [0.1, 0.15) is 42.3 Å². The van der Waals surface area contributed by atoms with Gasteiger partial charge in [-0.15, -0.1) is 5.10 Å². The van der Waals surface area contributed by atoms with Crippen LogP contribution < -0.4 is 0 Å². The minimum atomic E-state index is 0.207. The third kappa shape index (κ3) is 1.91. The summed E-state index contributed by atoms with van der Waals surface area (Å²) >= 11 is 0. The summed E-state index contributed by atoms with van der Waals surface area (Å²) in [4.78, 5) is 4.61. The van der Waals surface area contributed by atoms with Gasteiger partial charge in [-0.3, -0.25) is 0 Å². The van der Waals surface area contributed by atoms with E-state index in [4.69, 9.17) is 5.26 Å². The molecule has 3 heterocycles. The van der Waals surface area contributed by atoms with Crippen molar-refractivity contribution < 1.29 is 0 Å². The molecule has 2 aromatic heterocycles. The van der Waals surface area contributed by atoms with Gasteiger partial charge in [0.25, 0.3) is 5.95 Å². The highest BCUT2D eigenvalue weighted by atomic mass is 15.5. The highest BCUT2D eigenvalue weighted by Crippen LogP contribution is 2.38. The molecule has 0 saturated heterocycles. The summed E-state index contributed by atoms with van der Waals surface area (Å²) in [6.07, 6.45) is 4.17. The van der Waals surface area contributed by atoms with Crippen molar-refractivity contribution in [2.24, 2.45) is 0 Å². The fourth-order valence-corrected chi connectivity index (χ4v) is 2.97. The van der Waals surface area contributed by atoms with Gasteiger partial charge in [-0.25, -0.2) is 9.36 Å². The molecule has 6 heteroatoms. The van der Waals surface area contributed by atoms with Gasteiger partial charge < -0.3 is 0 Å². The molecule has 1 aromatic carbocycles. The van der Waals surface area contributed by atoms with Crippen molar-refractivity contribution in [3.05, 3.63) is 59.7 Å². The summed E-state index contributed by atoms with van der Waals surface area (Å²) in [5.74, 6) is 1.83. The Morgan fingerprint density at radius 1 is 1.27 bits per heavy atom. The smallest absolute Gasteiger partial charge is 0.240 e. The van der Waals surface area contributed by atoms with Crippen LogP contribution in [0, 0.1) is 11.3 Å². The highest BCUT2D eigenvalue weighted by Gasteiger charge is 2.32. The molecule has 0 fully saturated rings. The minimum absolute atomic E-state index is 0.207. The van der Waals surface area contributed by atoms with Crippen LogP contribution in [0.15, 0.2) is 42.7 Å². The number of fused-ring (bicyclic) bond motifs is 1. The Kier molecular flexibility index (Phi) is 2.79. The van der Waals surface area contributed by atoms with E-state index in [0.29, 0.717) is 17.4 Å². The Morgan fingerprint density at radius 3 is 2.82 bits per heavy atom. The lowest BCUT2D eigenvalue weighted by atomic mass is 10.0. The van der Waals surface area contributed by atoms with E-state index >= 15 is 0 Å². The minimum Gasteiger partial charge on any atom is -0.240 e. The van der Waals surface area contributed by atoms with E-state index in [1.54, 1.807) is 10.9 Å². The summed E-state index contributed by atoms with van der Waals surface area (Å²) in [7, 11) is 0. The fraction of sp³-hybridized carbons (Fsp3) is 0.250. The second-order valence-electron chi connectivity index (χ2n) is 5.56. The van der Waals surface area contributed by atoms with Crippen molar-refractivity contribution >= 4 is 0 Å². The maximum absolute atomic E-state index is 8.90. The largest absolute Gasteiger partial charge is 0.269 e. The number of aromatic nitrogens is 5. The predicted octanol–water partition coefficient (Wildman–Crippen LogP) is 2.43. The average Bonchev–Trinajstić information content (AvgIpc) is 3.24. The van der Waals surface area contributed by atoms with Gasteiger partial charge in [-0.1, -0.05) is 37.3 Å². The quantitative estimate of drug-likeness (QED) is 0.726. The molecule has 3 aromatic rings. The number of nitriles is 1. The molecule has 1 aliphatic rings. The zero-order chi connectivity index (χ0) is 15.1. The van der Waals surface area contributed by atoms with E-state index < -0.39 is 0 Å². The first-order chi connectivity index (χ1) is 10.8. The van der Waals surface area contributed by atoms with E-state index in [1.807, 2.05) is 22.9 Å². The van der Waals surface area contributed by atoms with E-state index in [2.05, 4.69) is 40.3 Å². The summed E-state index contributed by atoms with van der Waals surface area (Å²) in [5, 5.41) is 17.7. The van der Waals surface area contributed by atoms with Crippen molar-refractivity contribution in [2.75, 3.05) is 0 Å². The maximum atomic E-state index is 8.90. The van der Waals surface area contributed by atoms with Crippen molar-refractivity contribution in [2.45, 2.75) is 25.3 Å². The second kappa shape index (κ2) is 4.81. The zero-order valence-electron chi connectivity index (χ0n) is 12.1. The van der Waals surface area contributed by atoms with E-state index in [0.717, 1.165) is 12.2 Å². The van der Waals surface area contributed by atoms with Gasteiger partial charge >= 0.3 is 0 Å². The third-order valence-electron chi connectivity index (χ3n) is 4.06. The summed E-state index contributed by atoms with van der Waals surface area (Å²) in [6.45, 7) is 2.16. The lowest BCUT2D eigenvalue weighted by Crippen LogP contribution is -2.08. The Labute approximate surface area is 127 Å². The lowest BCUT2D eigenvalue weighted by Gasteiger charge is -2.11. The van der Waals surface area contributed by atoms with Crippen LogP contribution in [-0.4, -0.2) is 24.5 Å². The van der Waals surface area contributed by atoms with Crippen LogP contribution in [0.4, 0.5) is 0 Å². The lowest BCUT2D eigenvalue weighted by molar-refractivity contribution is 0.538. The standard InChI is InChI=1S/C16H14N6/c1-11-7-14(13-5-3-2-4-6-13)22-15(11)19-16(20-22)21-10-12(8-17)9-18-21/h2-6,9-11,14H,7H2,1H3. The van der Waals surface area contributed by atoms with Crippen LogP contribution in [-0.2, 0) is 0 Å². The SMILES string of the molecule is CC1CC(c2ccccc2)n2nc(-n3cc(C#N)cn3)nc21. The van der Waals surface area contributed by atoms with Gasteiger partial charge in [0.1, 0.15) is 11.9 Å². The molecule has 2 atom stereocenters. The van der Waals surface area contributed by atoms with Gasteiger partial charge in [-0.05, 0) is 12.0 Å². The molecular formula is C16H14N6. The number of nitrogens with zero attached hydrogens (tertiary/aromatic N) is 6. The van der Waals surface area contributed by atoms with Gasteiger partial charge in [0.15, 0.2) is 0 Å². The molecule has 0 bridgehead atoms. The first-order valence-corrected chi connectivity index (χ1v) is 7.23. The normalized spacial score (nSPS) is 19.8. The molecule has 6 nitrogen and oxygen atoms in total. The Balaban J connectivity index is 1.76. The number of rotatable bonds is 2. The topological polar surface area (TPSA) is 72.3 Å². The summed E-state index contributed by atoms with van der Waals surface area (Å²) in [5.41, 5.74) is 1.74. The van der Waals surface area contributed by atoms with Crippen molar-refractivity contribution in [1.29, 1.82) is 5.26 Å². The van der Waals surface area contributed by atoms with Gasteiger partial charge in [-0.2, -0.15) is 15.3 Å². The van der Waals surface area contributed by atoms with Crippen LogP contribution >= 0.6 is 0 Å². The molecule has 0 radical (unpaired) electrons. The Morgan fingerprint density at radius 2 is 2.09 bits per heavy atom. The van der Waals surface area contributed by atoms with Crippen molar-refractivity contribution in [3.63, 3.8) is 0 Å². The van der Waals surface area contributed by atoms with Gasteiger partial charge in [0.2, 0.25) is 0 Å². The molecular weight excluding hydrogens is 276 g/mol. The number of hydrogen-bond acceptors (Lipinski definition) is 4. The van der Waals surface area contributed by atoms with Gasteiger partial charge in [0.05, 0.1) is 24.0 Å². The molecule has 1 aliphatic heterocycles. The molecule has 22 heavy (non-hydrogen) atoms. The van der Waals surface area contributed by atoms with E-state index in [1.165, 1.54) is 11.8 Å². The highest BCUT2D eigenvalue weighted by molar-refractivity contribution is 5.28. The van der Waals surface area contributed by atoms with Crippen molar-refractivity contribution in [3.8, 4) is 12.0 Å². The van der Waals surface area contributed by atoms with Crippen LogP contribution in [0.25, 0.3) is 5.95 Å². The summed E-state index contributed by atoms with van der Waals surface area (Å²) in [6, 6.07) is 12.6. The molecule has 0 amide bonds. The molecule has 0 aliphatic carbocycles. The summed E-state index contributed by atoms with van der Waals surface area (Å²) < 4.78 is 3.54. The van der Waals surface area contributed by atoms with Crippen molar-refractivity contribution in [1.82, 2.24) is 24.5 Å².